The van der Waals surface area contributed by atoms with Crippen molar-refractivity contribution in [1.29, 1.82) is 0 Å². The van der Waals surface area contributed by atoms with Crippen molar-refractivity contribution in [2.24, 2.45) is 0 Å². The van der Waals surface area contributed by atoms with E-state index in [9.17, 15) is 9.59 Å². The highest BCUT2D eigenvalue weighted by atomic mass is 16.5. The number of carbonyl (C=O) groups is 2. The first-order valence-corrected chi connectivity index (χ1v) is 9.30. The number of ether oxygens (including phenoxy) is 3. The third kappa shape index (κ3) is 3.18. The van der Waals surface area contributed by atoms with Gasteiger partial charge in [0.15, 0.2) is 17.3 Å². The minimum Gasteiger partial charge on any atom is -0.497 e. The van der Waals surface area contributed by atoms with E-state index in [-0.39, 0.29) is 18.1 Å². The Morgan fingerprint density at radius 1 is 0.966 bits per heavy atom. The van der Waals surface area contributed by atoms with Gasteiger partial charge in [0.2, 0.25) is 0 Å². The predicted molar refractivity (Wildman–Crippen MR) is 108 cm³/mol. The minimum atomic E-state index is -0.256. The number of nitrogens with zero attached hydrogens (tertiary/aromatic N) is 1. The van der Waals surface area contributed by atoms with Gasteiger partial charge in [-0.1, -0.05) is 12.1 Å². The summed E-state index contributed by atoms with van der Waals surface area (Å²) in [6.07, 6.45) is 0.259. The van der Waals surface area contributed by atoms with Gasteiger partial charge in [0, 0.05) is 31.0 Å². The molecule has 1 aliphatic rings. The number of ketones is 1. The second-order valence-corrected chi connectivity index (χ2v) is 6.81. The van der Waals surface area contributed by atoms with Gasteiger partial charge in [-0.3, -0.25) is 9.59 Å². The maximum atomic E-state index is 12.9. The molecule has 150 valence electrons. The van der Waals surface area contributed by atoms with Crippen LogP contribution in [0.1, 0.15) is 32.8 Å². The number of aromatic nitrogens is 1. The number of benzene rings is 2. The van der Waals surface area contributed by atoms with Crippen LogP contribution in [0.2, 0.25) is 0 Å². The Morgan fingerprint density at radius 2 is 1.66 bits per heavy atom. The van der Waals surface area contributed by atoms with E-state index in [2.05, 4.69) is 5.32 Å². The monoisotopic (exact) mass is 394 g/mol. The summed E-state index contributed by atoms with van der Waals surface area (Å²) < 4.78 is 18.0. The molecular weight excluding hydrogens is 372 g/mol. The van der Waals surface area contributed by atoms with Gasteiger partial charge in [0.05, 0.1) is 32.4 Å². The number of amides is 1. The Kier molecular flexibility index (Phi) is 4.88. The summed E-state index contributed by atoms with van der Waals surface area (Å²) in [5.41, 5.74) is 2.52. The number of hydrogen-bond acceptors (Lipinski definition) is 5. The molecule has 0 fully saturated rings. The average Bonchev–Trinajstić information content (AvgIpc) is 2.97. The lowest BCUT2D eigenvalue weighted by Crippen LogP contribution is -2.25. The lowest BCUT2D eigenvalue weighted by molar-refractivity contribution is 0.0948. The summed E-state index contributed by atoms with van der Waals surface area (Å²) >= 11 is 0. The molecule has 0 unspecified atom stereocenters. The molecule has 0 bridgehead atoms. The first kappa shape index (κ1) is 18.9. The van der Waals surface area contributed by atoms with Crippen LogP contribution in [0.3, 0.4) is 0 Å². The highest BCUT2D eigenvalue weighted by molar-refractivity contribution is 6.18. The summed E-state index contributed by atoms with van der Waals surface area (Å²) in [6.45, 7) is 0.746. The summed E-state index contributed by atoms with van der Waals surface area (Å²) in [6, 6.07) is 11.2. The topological polar surface area (TPSA) is 78.8 Å². The lowest BCUT2D eigenvalue weighted by Gasteiger charge is -2.13. The molecule has 7 heteroatoms. The third-order valence-corrected chi connectivity index (χ3v) is 5.20. The van der Waals surface area contributed by atoms with Crippen LogP contribution in [0.15, 0.2) is 36.4 Å². The van der Waals surface area contributed by atoms with Gasteiger partial charge in [-0.25, -0.2) is 0 Å². The number of fused-ring (bicyclic) bond motifs is 3. The molecule has 0 saturated heterocycles. The van der Waals surface area contributed by atoms with E-state index < -0.39 is 0 Å². The number of Topliss-reactive ketones (excluding diaryl/α,β-unsaturated/α-hetero) is 1. The SMILES string of the molecule is COc1ccc(Cn2c3c(c4cc(OC)c(OC)cc42)C(=O)CCNC3=O)cc1. The molecule has 0 saturated carbocycles. The summed E-state index contributed by atoms with van der Waals surface area (Å²) in [5, 5.41) is 3.52. The van der Waals surface area contributed by atoms with E-state index in [0.29, 0.717) is 41.2 Å². The van der Waals surface area contributed by atoms with Crippen molar-refractivity contribution in [3.63, 3.8) is 0 Å². The molecule has 4 rings (SSSR count). The fourth-order valence-electron chi connectivity index (χ4n) is 3.77. The van der Waals surface area contributed by atoms with E-state index in [0.717, 1.165) is 16.8 Å². The van der Waals surface area contributed by atoms with Crippen LogP contribution in [0.5, 0.6) is 17.2 Å². The van der Waals surface area contributed by atoms with Crippen molar-refractivity contribution >= 4 is 22.6 Å². The second-order valence-electron chi connectivity index (χ2n) is 6.81. The van der Waals surface area contributed by atoms with E-state index in [1.54, 1.807) is 27.4 Å². The van der Waals surface area contributed by atoms with Gasteiger partial charge >= 0.3 is 0 Å². The zero-order chi connectivity index (χ0) is 20.5. The summed E-state index contributed by atoms with van der Waals surface area (Å²) in [7, 11) is 4.72. The summed E-state index contributed by atoms with van der Waals surface area (Å²) in [4.78, 5) is 25.7. The normalized spacial score (nSPS) is 13.6. The van der Waals surface area contributed by atoms with Crippen LogP contribution in [0.4, 0.5) is 0 Å². The van der Waals surface area contributed by atoms with Crippen molar-refractivity contribution in [1.82, 2.24) is 9.88 Å². The Morgan fingerprint density at radius 3 is 2.31 bits per heavy atom. The first-order valence-electron chi connectivity index (χ1n) is 9.30. The van der Waals surface area contributed by atoms with Crippen LogP contribution < -0.4 is 19.5 Å². The summed E-state index contributed by atoms with van der Waals surface area (Å²) in [5.74, 6) is 1.49. The van der Waals surface area contributed by atoms with Crippen molar-refractivity contribution in [2.45, 2.75) is 13.0 Å². The molecule has 2 heterocycles. The number of carbonyl (C=O) groups excluding carboxylic acids is 2. The molecule has 1 N–H and O–H groups in total. The van der Waals surface area contributed by atoms with Crippen LogP contribution in [-0.4, -0.2) is 44.1 Å². The van der Waals surface area contributed by atoms with E-state index in [1.807, 2.05) is 34.9 Å². The number of rotatable bonds is 5. The van der Waals surface area contributed by atoms with Crippen molar-refractivity contribution in [3.8, 4) is 17.2 Å². The standard InChI is InChI=1S/C22H22N2O5/c1-27-14-6-4-13(5-7-14)12-24-16-11-19(29-3)18(28-2)10-15(16)20-17(25)8-9-23-22(26)21(20)24/h4-7,10-11H,8-9,12H2,1-3H3,(H,23,26). The van der Waals surface area contributed by atoms with Crippen LogP contribution in [0, 0.1) is 0 Å². The van der Waals surface area contributed by atoms with Crippen LogP contribution >= 0.6 is 0 Å². The average molecular weight is 394 g/mol. The van der Waals surface area contributed by atoms with E-state index in [1.165, 1.54) is 0 Å². The highest BCUT2D eigenvalue weighted by Crippen LogP contribution is 2.38. The van der Waals surface area contributed by atoms with Gasteiger partial charge in [0.1, 0.15) is 11.4 Å². The Hall–Kier alpha value is -3.48. The van der Waals surface area contributed by atoms with E-state index in [4.69, 9.17) is 14.2 Å². The molecule has 0 spiro atoms. The molecule has 0 aliphatic carbocycles. The van der Waals surface area contributed by atoms with Crippen LogP contribution in [-0.2, 0) is 6.54 Å². The molecular formula is C22H22N2O5. The maximum absolute atomic E-state index is 12.9. The largest absolute Gasteiger partial charge is 0.497 e. The van der Waals surface area contributed by atoms with Gasteiger partial charge in [-0.05, 0) is 23.8 Å². The maximum Gasteiger partial charge on any atom is 0.268 e. The Bertz CT molecular complexity index is 1100. The number of hydrogen-bond donors (Lipinski definition) is 1. The molecule has 29 heavy (non-hydrogen) atoms. The Labute approximate surface area is 168 Å². The molecule has 2 aromatic carbocycles. The number of methoxy groups -OCH3 is 3. The molecule has 7 nitrogen and oxygen atoms in total. The van der Waals surface area contributed by atoms with Gasteiger partial charge in [-0.15, -0.1) is 0 Å². The van der Waals surface area contributed by atoms with Crippen molar-refractivity contribution in [3.05, 3.63) is 53.2 Å². The zero-order valence-electron chi connectivity index (χ0n) is 16.6. The predicted octanol–water partition coefficient (Wildman–Crippen LogP) is 3.03. The highest BCUT2D eigenvalue weighted by Gasteiger charge is 2.30. The number of nitrogens with one attached hydrogen (secondary N) is 1. The molecule has 0 radical (unpaired) electrons. The van der Waals surface area contributed by atoms with Crippen molar-refractivity contribution < 1.29 is 23.8 Å². The third-order valence-electron chi connectivity index (χ3n) is 5.20. The van der Waals surface area contributed by atoms with Crippen LogP contribution in [0.25, 0.3) is 10.9 Å². The first-order chi connectivity index (χ1) is 14.1. The smallest absolute Gasteiger partial charge is 0.268 e. The fourth-order valence-corrected chi connectivity index (χ4v) is 3.77. The molecule has 3 aromatic rings. The second kappa shape index (κ2) is 7.50. The minimum absolute atomic E-state index is 0.0657. The zero-order valence-corrected chi connectivity index (χ0v) is 16.6. The van der Waals surface area contributed by atoms with Gasteiger partial charge in [-0.2, -0.15) is 0 Å². The van der Waals surface area contributed by atoms with Crippen molar-refractivity contribution in [2.75, 3.05) is 27.9 Å². The molecule has 1 amide bonds. The van der Waals surface area contributed by atoms with Gasteiger partial charge < -0.3 is 24.1 Å². The quantitative estimate of drug-likeness (QED) is 0.720. The Balaban J connectivity index is 1.97. The van der Waals surface area contributed by atoms with Gasteiger partial charge in [0.25, 0.3) is 5.91 Å². The lowest BCUT2D eigenvalue weighted by atomic mass is 10.0. The van der Waals surface area contributed by atoms with E-state index >= 15 is 0 Å². The molecule has 1 aliphatic heterocycles. The molecule has 1 aromatic heterocycles. The fraction of sp³-hybridized carbons (Fsp3) is 0.273. The molecule has 0 atom stereocenters.